The van der Waals surface area contributed by atoms with Gasteiger partial charge in [0.05, 0.1) is 11.1 Å². The monoisotopic (exact) mass is 482 g/mol. The van der Waals surface area contributed by atoms with Crippen LogP contribution in [0.4, 0.5) is 5.82 Å². The van der Waals surface area contributed by atoms with Crippen molar-refractivity contribution in [3.8, 4) is 0 Å². The number of thiophene rings is 1. The average molecular weight is 483 g/mol. The Kier molecular flexibility index (Phi) is 5.04. The number of allylic oxidation sites excluding steroid dienone is 2. The van der Waals surface area contributed by atoms with Crippen molar-refractivity contribution in [1.82, 2.24) is 25.1 Å². The highest BCUT2D eigenvalue weighted by molar-refractivity contribution is 7.19. The molecule has 0 spiro atoms. The molecule has 1 saturated heterocycles. The van der Waals surface area contributed by atoms with E-state index < -0.39 is 11.4 Å². The lowest BCUT2D eigenvalue weighted by atomic mass is 9.87. The van der Waals surface area contributed by atoms with Gasteiger partial charge in [0.25, 0.3) is 5.91 Å². The van der Waals surface area contributed by atoms with E-state index in [2.05, 4.69) is 20.6 Å². The van der Waals surface area contributed by atoms with Gasteiger partial charge in [-0.1, -0.05) is 0 Å². The number of hydrogen-bond acceptors (Lipinski definition) is 8. The number of aliphatic hydroxyl groups is 1. The van der Waals surface area contributed by atoms with Gasteiger partial charge in [-0.05, 0) is 64.2 Å². The summed E-state index contributed by atoms with van der Waals surface area (Å²) in [5.74, 6) is 0.566. The van der Waals surface area contributed by atoms with Crippen LogP contribution in [-0.4, -0.2) is 62.2 Å². The van der Waals surface area contributed by atoms with Gasteiger partial charge in [-0.3, -0.25) is 9.59 Å². The molecule has 0 saturated carbocycles. The van der Waals surface area contributed by atoms with E-state index in [9.17, 15) is 14.7 Å². The van der Waals surface area contributed by atoms with Crippen molar-refractivity contribution in [2.45, 2.75) is 58.3 Å². The molecule has 10 heteroatoms. The second kappa shape index (κ2) is 7.51. The third-order valence-electron chi connectivity index (χ3n) is 6.99. The van der Waals surface area contributed by atoms with Gasteiger partial charge in [0.1, 0.15) is 28.3 Å². The van der Waals surface area contributed by atoms with Gasteiger partial charge in [-0.2, -0.15) is 0 Å². The molecular weight excluding hydrogens is 452 g/mol. The van der Waals surface area contributed by atoms with Gasteiger partial charge in [-0.25, -0.2) is 9.97 Å². The van der Waals surface area contributed by atoms with Gasteiger partial charge < -0.3 is 25.5 Å². The van der Waals surface area contributed by atoms with Gasteiger partial charge >= 0.3 is 0 Å². The standard InChI is InChI=1S/C24H30N6O3S/c1-12-9-16(24(4,33)30-18(12)20(31)28-23(30,2)3)27-19-17-14-8-7-13(22(32)29(5)6)10-15(14)34-21(17)26-11-25-19/h9,11,13,33H,7-8,10H2,1-6H3,(H,28,31)(H,25,26,27)/t13-,24?/m0/s1. The first-order chi connectivity index (χ1) is 15.9. The fraction of sp³-hybridized carbons (Fsp3) is 0.500. The minimum atomic E-state index is -1.46. The molecule has 0 bridgehead atoms. The van der Waals surface area contributed by atoms with Crippen LogP contribution >= 0.6 is 11.3 Å². The Morgan fingerprint density at radius 2 is 2.06 bits per heavy atom. The lowest BCUT2D eigenvalue weighted by Crippen LogP contribution is -2.59. The summed E-state index contributed by atoms with van der Waals surface area (Å²) in [6.45, 7) is 7.28. The highest BCUT2D eigenvalue weighted by Crippen LogP contribution is 2.44. The van der Waals surface area contributed by atoms with Crippen molar-refractivity contribution in [2.75, 3.05) is 19.4 Å². The highest BCUT2D eigenvalue weighted by Gasteiger charge is 2.53. The molecule has 5 rings (SSSR count). The fourth-order valence-electron chi connectivity index (χ4n) is 5.50. The van der Waals surface area contributed by atoms with Gasteiger partial charge in [0.15, 0.2) is 5.72 Å². The van der Waals surface area contributed by atoms with Gasteiger partial charge in [0, 0.05) is 24.9 Å². The first-order valence-corrected chi connectivity index (χ1v) is 12.2. The molecular formula is C24H30N6O3S. The molecule has 2 amide bonds. The summed E-state index contributed by atoms with van der Waals surface area (Å²) >= 11 is 1.61. The number of nitrogens with zero attached hydrogens (tertiary/aromatic N) is 4. The highest BCUT2D eigenvalue weighted by atomic mass is 32.1. The number of nitrogens with one attached hydrogen (secondary N) is 2. The van der Waals surface area contributed by atoms with E-state index >= 15 is 0 Å². The van der Waals surface area contributed by atoms with Crippen LogP contribution in [0.5, 0.6) is 0 Å². The maximum atomic E-state index is 12.6. The number of carbonyl (C=O) groups excluding carboxylic acids is 2. The predicted octanol–water partition coefficient (Wildman–Crippen LogP) is 2.34. The molecule has 2 aliphatic heterocycles. The average Bonchev–Trinajstić information content (AvgIpc) is 3.25. The molecule has 2 aromatic rings. The SMILES string of the molecule is CC1=C2C(=O)NC(C)(C)N2C(C)(O)C(Nc2ncnc3sc4c(c23)CC[C@H](C(=O)N(C)C)C4)=C1. The summed E-state index contributed by atoms with van der Waals surface area (Å²) in [5.41, 5.74) is 0.726. The minimum absolute atomic E-state index is 0.0182. The van der Waals surface area contributed by atoms with Crippen molar-refractivity contribution < 1.29 is 14.7 Å². The number of aromatic nitrogens is 2. The van der Waals surface area contributed by atoms with E-state index in [1.807, 2.05) is 26.8 Å². The summed E-state index contributed by atoms with van der Waals surface area (Å²) in [6, 6.07) is 0. The summed E-state index contributed by atoms with van der Waals surface area (Å²) in [6.07, 6.45) is 5.59. The summed E-state index contributed by atoms with van der Waals surface area (Å²) in [4.78, 5) is 39.6. The maximum absolute atomic E-state index is 12.6. The Morgan fingerprint density at radius 3 is 2.76 bits per heavy atom. The third kappa shape index (κ3) is 3.31. The van der Waals surface area contributed by atoms with Gasteiger partial charge in [-0.15, -0.1) is 11.3 Å². The lowest BCUT2D eigenvalue weighted by Gasteiger charge is -2.46. The molecule has 9 nitrogen and oxygen atoms in total. The number of fused-ring (bicyclic) bond motifs is 4. The molecule has 34 heavy (non-hydrogen) atoms. The number of hydrogen-bond donors (Lipinski definition) is 3. The van der Waals surface area contributed by atoms with Crippen molar-refractivity contribution >= 4 is 39.2 Å². The first kappa shape index (κ1) is 22.8. The van der Waals surface area contributed by atoms with Crippen LogP contribution in [0, 0.1) is 5.92 Å². The van der Waals surface area contributed by atoms with Crippen LogP contribution in [0.15, 0.2) is 29.4 Å². The molecule has 2 atom stereocenters. The number of rotatable bonds is 3. The van der Waals surface area contributed by atoms with Crippen LogP contribution in [0.2, 0.25) is 0 Å². The quantitative estimate of drug-likeness (QED) is 0.616. The molecule has 3 N–H and O–H groups in total. The predicted molar refractivity (Wildman–Crippen MR) is 131 cm³/mol. The van der Waals surface area contributed by atoms with Crippen LogP contribution in [-0.2, 0) is 22.4 Å². The fourth-order valence-corrected chi connectivity index (χ4v) is 6.76. The van der Waals surface area contributed by atoms with Crippen molar-refractivity contribution in [3.05, 3.63) is 39.8 Å². The Balaban J connectivity index is 1.54. The Morgan fingerprint density at radius 1 is 1.32 bits per heavy atom. The maximum Gasteiger partial charge on any atom is 0.269 e. The minimum Gasteiger partial charge on any atom is -0.366 e. The van der Waals surface area contributed by atoms with E-state index in [0.717, 1.165) is 28.6 Å². The largest absolute Gasteiger partial charge is 0.366 e. The second-order valence-corrected chi connectivity index (χ2v) is 11.2. The van der Waals surface area contributed by atoms with E-state index in [0.29, 0.717) is 23.6 Å². The van der Waals surface area contributed by atoms with Crippen LogP contribution in [0.25, 0.3) is 10.2 Å². The van der Waals surface area contributed by atoms with Crippen molar-refractivity contribution in [2.24, 2.45) is 5.92 Å². The summed E-state index contributed by atoms with van der Waals surface area (Å²) in [7, 11) is 3.60. The molecule has 1 unspecified atom stereocenters. The molecule has 180 valence electrons. The molecule has 0 aromatic carbocycles. The topological polar surface area (TPSA) is 111 Å². The zero-order chi connectivity index (χ0) is 24.6. The van der Waals surface area contributed by atoms with E-state index in [4.69, 9.17) is 0 Å². The zero-order valence-corrected chi connectivity index (χ0v) is 21.1. The summed E-state index contributed by atoms with van der Waals surface area (Å²) < 4.78 is 0. The Bertz CT molecular complexity index is 1290. The first-order valence-electron chi connectivity index (χ1n) is 11.4. The molecule has 1 fully saturated rings. The Hall–Kier alpha value is -2.98. The third-order valence-corrected chi connectivity index (χ3v) is 8.15. The number of amides is 2. The molecule has 1 aliphatic carbocycles. The molecule has 3 aliphatic rings. The lowest BCUT2D eigenvalue weighted by molar-refractivity contribution is -0.133. The van der Waals surface area contributed by atoms with Crippen LogP contribution in [0.3, 0.4) is 0 Å². The van der Waals surface area contributed by atoms with Gasteiger partial charge in [0.2, 0.25) is 5.91 Å². The van der Waals surface area contributed by atoms with E-state index in [-0.39, 0.29) is 17.7 Å². The number of aryl methyl sites for hydroxylation is 1. The normalized spacial score (nSPS) is 25.6. The number of carbonyl (C=O) groups is 2. The number of anilines is 1. The molecule has 0 radical (unpaired) electrons. The Labute approximate surface area is 202 Å². The zero-order valence-electron chi connectivity index (χ0n) is 20.3. The molecule has 4 heterocycles. The van der Waals surface area contributed by atoms with E-state index in [1.54, 1.807) is 42.2 Å². The van der Waals surface area contributed by atoms with Crippen LogP contribution < -0.4 is 10.6 Å². The van der Waals surface area contributed by atoms with E-state index in [1.165, 1.54) is 16.8 Å². The summed E-state index contributed by atoms with van der Waals surface area (Å²) in [5, 5.41) is 18.9. The smallest absolute Gasteiger partial charge is 0.269 e. The van der Waals surface area contributed by atoms with Crippen molar-refractivity contribution in [1.29, 1.82) is 0 Å². The molecule has 2 aromatic heterocycles. The van der Waals surface area contributed by atoms with Crippen molar-refractivity contribution in [3.63, 3.8) is 0 Å². The second-order valence-electron chi connectivity index (χ2n) is 10.2. The van der Waals surface area contributed by atoms with Crippen LogP contribution in [0.1, 0.15) is 44.6 Å².